The standard InChI is InChI=1S/C13H12BrClN2O/c1-2-18-11-5-3-10(4-6-11)17-13-12(14)7-9(15)8-16-13/h3-8H,2H2,1H3,(H,16,17). The zero-order valence-electron chi connectivity index (χ0n) is 9.78. The molecule has 0 spiro atoms. The number of hydrogen-bond donors (Lipinski definition) is 1. The van der Waals surface area contributed by atoms with Crippen LogP contribution in [0.15, 0.2) is 41.0 Å². The van der Waals surface area contributed by atoms with Gasteiger partial charge in [-0.15, -0.1) is 0 Å². The smallest absolute Gasteiger partial charge is 0.144 e. The minimum atomic E-state index is 0.596. The van der Waals surface area contributed by atoms with Crippen LogP contribution in [0, 0.1) is 0 Å². The summed E-state index contributed by atoms with van der Waals surface area (Å²) >= 11 is 9.25. The molecule has 0 aliphatic rings. The summed E-state index contributed by atoms with van der Waals surface area (Å²) in [5.74, 6) is 1.58. The van der Waals surface area contributed by atoms with Gasteiger partial charge in [-0.3, -0.25) is 0 Å². The van der Waals surface area contributed by atoms with Gasteiger partial charge in [0, 0.05) is 11.9 Å². The minimum absolute atomic E-state index is 0.596. The molecule has 18 heavy (non-hydrogen) atoms. The van der Waals surface area contributed by atoms with E-state index < -0.39 is 0 Å². The van der Waals surface area contributed by atoms with Crippen molar-refractivity contribution in [2.75, 3.05) is 11.9 Å². The molecule has 1 aromatic carbocycles. The van der Waals surface area contributed by atoms with Crippen LogP contribution in [0.4, 0.5) is 11.5 Å². The predicted octanol–water partition coefficient (Wildman–Crippen LogP) is 4.64. The van der Waals surface area contributed by atoms with Gasteiger partial charge < -0.3 is 10.1 Å². The van der Waals surface area contributed by atoms with E-state index in [1.54, 1.807) is 12.3 Å². The molecule has 94 valence electrons. The summed E-state index contributed by atoms with van der Waals surface area (Å²) in [6.07, 6.45) is 1.60. The Labute approximate surface area is 119 Å². The molecule has 0 fully saturated rings. The summed E-state index contributed by atoms with van der Waals surface area (Å²) < 4.78 is 6.20. The lowest BCUT2D eigenvalue weighted by Gasteiger charge is -2.09. The molecule has 1 N–H and O–H groups in total. The molecule has 0 aliphatic heterocycles. The minimum Gasteiger partial charge on any atom is -0.494 e. The molecule has 0 saturated heterocycles. The topological polar surface area (TPSA) is 34.1 Å². The number of nitrogens with zero attached hydrogens (tertiary/aromatic N) is 1. The Hall–Kier alpha value is -1.26. The first-order valence-electron chi connectivity index (χ1n) is 5.50. The van der Waals surface area contributed by atoms with E-state index in [0.717, 1.165) is 21.7 Å². The fraction of sp³-hybridized carbons (Fsp3) is 0.154. The van der Waals surface area contributed by atoms with Gasteiger partial charge in [0.15, 0.2) is 0 Å². The van der Waals surface area contributed by atoms with Crippen LogP contribution in [0.25, 0.3) is 0 Å². The molecule has 0 aliphatic carbocycles. The fourth-order valence-electron chi connectivity index (χ4n) is 1.44. The van der Waals surface area contributed by atoms with Crippen LogP contribution < -0.4 is 10.1 Å². The first kappa shape index (κ1) is 13.2. The van der Waals surface area contributed by atoms with E-state index in [2.05, 4.69) is 26.2 Å². The Bertz CT molecular complexity index is 531. The third-order valence-corrected chi connectivity index (χ3v) is 3.05. The lowest BCUT2D eigenvalue weighted by Crippen LogP contribution is -1.95. The zero-order chi connectivity index (χ0) is 13.0. The van der Waals surface area contributed by atoms with Gasteiger partial charge in [-0.2, -0.15) is 0 Å². The second kappa shape index (κ2) is 6.07. The summed E-state index contributed by atoms with van der Waals surface area (Å²) in [6, 6.07) is 9.50. The van der Waals surface area contributed by atoms with Gasteiger partial charge in [-0.1, -0.05) is 11.6 Å². The van der Waals surface area contributed by atoms with E-state index in [1.807, 2.05) is 31.2 Å². The number of hydrogen-bond acceptors (Lipinski definition) is 3. The third-order valence-electron chi connectivity index (χ3n) is 2.24. The van der Waals surface area contributed by atoms with Crippen LogP contribution in [-0.4, -0.2) is 11.6 Å². The molecular formula is C13H12BrClN2O. The molecule has 0 unspecified atom stereocenters. The maximum Gasteiger partial charge on any atom is 0.144 e. The highest BCUT2D eigenvalue weighted by Gasteiger charge is 2.03. The fourth-order valence-corrected chi connectivity index (χ4v) is 2.18. The number of benzene rings is 1. The van der Waals surface area contributed by atoms with Crippen molar-refractivity contribution in [3.63, 3.8) is 0 Å². The quantitative estimate of drug-likeness (QED) is 0.888. The summed E-state index contributed by atoms with van der Waals surface area (Å²) in [5.41, 5.74) is 0.939. The van der Waals surface area contributed by atoms with E-state index in [-0.39, 0.29) is 0 Å². The van der Waals surface area contributed by atoms with E-state index in [1.165, 1.54) is 0 Å². The van der Waals surface area contributed by atoms with Crippen molar-refractivity contribution < 1.29 is 4.74 Å². The molecule has 0 bridgehead atoms. The van der Waals surface area contributed by atoms with E-state index in [0.29, 0.717) is 11.6 Å². The van der Waals surface area contributed by atoms with Gasteiger partial charge in [0.25, 0.3) is 0 Å². The summed E-state index contributed by atoms with van der Waals surface area (Å²) in [7, 11) is 0. The molecule has 2 rings (SSSR count). The summed E-state index contributed by atoms with van der Waals surface area (Å²) in [5, 5.41) is 3.79. The Balaban J connectivity index is 2.13. The average molecular weight is 328 g/mol. The van der Waals surface area contributed by atoms with Crippen molar-refractivity contribution in [2.24, 2.45) is 0 Å². The summed E-state index contributed by atoms with van der Waals surface area (Å²) in [4.78, 5) is 4.21. The molecule has 1 aromatic heterocycles. The van der Waals surface area contributed by atoms with E-state index in [9.17, 15) is 0 Å². The number of halogens is 2. The zero-order valence-corrected chi connectivity index (χ0v) is 12.1. The van der Waals surface area contributed by atoms with Gasteiger partial charge in [-0.05, 0) is 53.2 Å². The Kier molecular flexibility index (Phi) is 4.44. The first-order chi connectivity index (χ1) is 8.69. The molecule has 0 radical (unpaired) electrons. The van der Waals surface area contributed by atoms with Crippen molar-refractivity contribution in [1.82, 2.24) is 4.98 Å². The molecule has 1 heterocycles. The predicted molar refractivity (Wildman–Crippen MR) is 77.8 cm³/mol. The Morgan fingerprint density at radius 1 is 1.33 bits per heavy atom. The van der Waals surface area contributed by atoms with Gasteiger partial charge in [0.1, 0.15) is 11.6 Å². The maximum absolute atomic E-state index is 5.84. The lowest BCUT2D eigenvalue weighted by atomic mass is 10.3. The van der Waals surface area contributed by atoms with Crippen LogP contribution in [-0.2, 0) is 0 Å². The SMILES string of the molecule is CCOc1ccc(Nc2ncc(Cl)cc2Br)cc1. The number of rotatable bonds is 4. The molecule has 0 amide bonds. The van der Waals surface area contributed by atoms with Crippen LogP contribution in [0.1, 0.15) is 6.92 Å². The highest BCUT2D eigenvalue weighted by Crippen LogP contribution is 2.26. The van der Waals surface area contributed by atoms with Crippen molar-refractivity contribution >= 4 is 39.0 Å². The van der Waals surface area contributed by atoms with Gasteiger partial charge in [0.2, 0.25) is 0 Å². The highest BCUT2D eigenvalue weighted by molar-refractivity contribution is 9.10. The average Bonchev–Trinajstić information content (AvgIpc) is 2.35. The van der Waals surface area contributed by atoms with Crippen molar-refractivity contribution in [2.45, 2.75) is 6.92 Å². The van der Waals surface area contributed by atoms with Gasteiger partial charge in [0.05, 0.1) is 16.1 Å². The van der Waals surface area contributed by atoms with E-state index in [4.69, 9.17) is 16.3 Å². The van der Waals surface area contributed by atoms with Crippen LogP contribution in [0.3, 0.4) is 0 Å². The Morgan fingerprint density at radius 3 is 2.67 bits per heavy atom. The molecule has 0 atom stereocenters. The summed E-state index contributed by atoms with van der Waals surface area (Å²) in [6.45, 7) is 2.62. The molecule has 5 heteroatoms. The number of ether oxygens (including phenoxy) is 1. The number of nitrogens with one attached hydrogen (secondary N) is 1. The first-order valence-corrected chi connectivity index (χ1v) is 6.67. The Morgan fingerprint density at radius 2 is 2.06 bits per heavy atom. The number of pyridine rings is 1. The highest BCUT2D eigenvalue weighted by atomic mass is 79.9. The second-order valence-electron chi connectivity index (χ2n) is 3.57. The number of anilines is 2. The molecule has 0 saturated carbocycles. The monoisotopic (exact) mass is 326 g/mol. The van der Waals surface area contributed by atoms with E-state index >= 15 is 0 Å². The maximum atomic E-state index is 5.84. The van der Waals surface area contributed by atoms with Crippen LogP contribution in [0.2, 0.25) is 5.02 Å². The van der Waals surface area contributed by atoms with Crippen LogP contribution in [0.5, 0.6) is 5.75 Å². The lowest BCUT2D eigenvalue weighted by molar-refractivity contribution is 0.340. The van der Waals surface area contributed by atoms with Gasteiger partial charge in [-0.25, -0.2) is 4.98 Å². The second-order valence-corrected chi connectivity index (χ2v) is 4.86. The molecular weight excluding hydrogens is 316 g/mol. The number of aromatic nitrogens is 1. The van der Waals surface area contributed by atoms with Crippen molar-refractivity contribution in [1.29, 1.82) is 0 Å². The van der Waals surface area contributed by atoms with Crippen molar-refractivity contribution in [3.05, 3.63) is 46.0 Å². The normalized spacial score (nSPS) is 10.2. The molecule has 3 nitrogen and oxygen atoms in total. The largest absolute Gasteiger partial charge is 0.494 e. The van der Waals surface area contributed by atoms with Gasteiger partial charge >= 0.3 is 0 Å². The van der Waals surface area contributed by atoms with Crippen molar-refractivity contribution in [3.8, 4) is 5.75 Å². The van der Waals surface area contributed by atoms with Crippen LogP contribution >= 0.6 is 27.5 Å². The molecule has 2 aromatic rings. The third kappa shape index (κ3) is 3.37.